The number of anilines is 1. The number of hydrogen-bond donors (Lipinski definition) is 2. The van der Waals surface area contributed by atoms with Gasteiger partial charge in [0.25, 0.3) is 5.56 Å². The molecule has 0 fully saturated rings. The average molecular weight is 289 g/mol. The van der Waals surface area contributed by atoms with Crippen molar-refractivity contribution in [3.63, 3.8) is 0 Å². The second kappa shape index (κ2) is 5.97. The highest BCUT2D eigenvalue weighted by Gasteiger charge is 2.17. The first-order valence-corrected chi connectivity index (χ1v) is 6.68. The lowest BCUT2D eigenvalue weighted by atomic mass is 10.0. The Morgan fingerprint density at radius 3 is 2.33 bits per heavy atom. The molecule has 1 aromatic carbocycles. The van der Waals surface area contributed by atoms with Gasteiger partial charge in [-0.1, -0.05) is 30.3 Å². The Labute approximate surface area is 122 Å². The smallest absolute Gasteiger partial charge is 0.332 e. The second-order valence-electron chi connectivity index (χ2n) is 5.06. The molecule has 1 aromatic heterocycles. The molecule has 0 bridgehead atoms. The first-order valence-electron chi connectivity index (χ1n) is 6.68. The van der Waals surface area contributed by atoms with E-state index in [0.29, 0.717) is 5.82 Å². The third-order valence-electron chi connectivity index (χ3n) is 3.52. The van der Waals surface area contributed by atoms with Crippen molar-refractivity contribution >= 4 is 5.82 Å². The highest BCUT2D eigenvalue weighted by Crippen LogP contribution is 2.18. The quantitative estimate of drug-likeness (QED) is 0.865. The van der Waals surface area contributed by atoms with Gasteiger partial charge in [0.1, 0.15) is 5.82 Å². The summed E-state index contributed by atoms with van der Waals surface area (Å²) in [5.41, 5.74) is -0.0280. The van der Waals surface area contributed by atoms with Crippen LogP contribution in [-0.4, -0.2) is 20.3 Å². The van der Waals surface area contributed by atoms with E-state index in [-0.39, 0.29) is 11.6 Å². The fourth-order valence-electron chi connectivity index (χ4n) is 2.12. The molecule has 6 heteroatoms. The number of nitrogens with one attached hydrogen (secondary N) is 1. The number of aromatic nitrogens is 2. The summed E-state index contributed by atoms with van der Waals surface area (Å²) in [5.74, 6) is 0.380. The zero-order valence-corrected chi connectivity index (χ0v) is 12.3. The van der Waals surface area contributed by atoms with Crippen molar-refractivity contribution < 1.29 is 5.11 Å². The van der Waals surface area contributed by atoms with Crippen molar-refractivity contribution in [3.05, 3.63) is 62.8 Å². The van der Waals surface area contributed by atoms with Gasteiger partial charge in [-0.05, 0) is 12.5 Å². The number of benzene rings is 1. The summed E-state index contributed by atoms with van der Waals surface area (Å²) in [7, 11) is 3.00. The third-order valence-corrected chi connectivity index (χ3v) is 3.52. The lowest BCUT2D eigenvalue weighted by Crippen LogP contribution is -2.39. The van der Waals surface area contributed by atoms with Gasteiger partial charge in [0.05, 0.1) is 12.1 Å². The van der Waals surface area contributed by atoms with E-state index in [9.17, 15) is 14.7 Å². The summed E-state index contributed by atoms with van der Waals surface area (Å²) in [5, 5.41) is 13.3. The molecule has 0 amide bonds. The fraction of sp³-hybridized carbons (Fsp3) is 0.333. The van der Waals surface area contributed by atoms with Gasteiger partial charge in [-0.2, -0.15) is 0 Å². The third kappa shape index (κ3) is 3.05. The fourth-order valence-corrected chi connectivity index (χ4v) is 2.12. The van der Waals surface area contributed by atoms with Crippen LogP contribution in [0.3, 0.4) is 0 Å². The van der Waals surface area contributed by atoms with Crippen LogP contribution in [-0.2, 0) is 14.1 Å². The monoisotopic (exact) mass is 289 g/mol. The van der Waals surface area contributed by atoms with E-state index in [2.05, 4.69) is 5.32 Å². The van der Waals surface area contributed by atoms with E-state index in [1.807, 2.05) is 30.3 Å². The average Bonchev–Trinajstić information content (AvgIpc) is 2.50. The molecule has 2 aromatic rings. The number of aliphatic hydroxyl groups excluding tert-OH is 1. The number of nitrogens with zero attached hydrogens (tertiary/aromatic N) is 2. The normalized spacial score (nSPS) is 13.7. The van der Waals surface area contributed by atoms with Crippen molar-refractivity contribution in [2.45, 2.75) is 19.1 Å². The molecule has 0 spiro atoms. The summed E-state index contributed by atoms with van der Waals surface area (Å²) in [4.78, 5) is 23.5. The number of hydrogen-bond acceptors (Lipinski definition) is 4. The van der Waals surface area contributed by atoms with E-state index in [1.165, 1.54) is 17.7 Å². The Morgan fingerprint density at radius 1 is 1.10 bits per heavy atom. The summed E-state index contributed by atoms with van der Waals surface area (Å²) >= 11 is 0. The maximum absolute atomic E-state index is 11.9. The minimum atomic E-state index is -0.745. The molecule has 2 unspecified atom stereocenters. The van der Waals surface area contributed by atoms with Gasteiger partial charge in [0.15, 0.2) is 0 Å². The van der Waals surface area contributed by atoms with Crippen LogP contribution in [0.15, 0.2) is 46.0 Å². The van der Waals surface area contributed by atoms with Gasteiger partial charge in [-0.25, -0.2) is 4.79 Å². The van der Waals surface area contributed by atoms with E-state index < -0.39 is 11.8 Å². The van der Waals surface area contributed by atoms with Crippen LogP contribution in [0.4, 0.5) is 5.82 Å². The Morgan fingerprint density at radius 2 is 1.71 bits per heavy atom. The minimum Gasteiger partial charge on any atom is -0.386 e. The molecule has 0 aliphatic carbocycles. The second-order valence-corrected chi connectivity index (χ2v) is 5.06. The number of aliphatic hydroxyl groups is 1. The Kier molecular flexibility index (Phi) is 4.28. The van der Waals surface area contributed by atoms with E-state index in [1.54, 1.807) is 14.0 Å². The van der Waals surface area contributed by atoms with Crippen LogP contribution in [0.2, 0.25) is 0 Å². The van der Waals surface area contributed by atoms with Crippen LogP contribution < -0.4 is 16.6 Å². The molecule has 6 nitrogen and oxygen atoms in total. The zero-order valence-electron chi connectivity index (χ0n) is 12.3. The van der Waals surface area contributed by atoms with Gasteiger partial charge in [0, 0.05) is 20.2 Å². The van der Waals surface area contributed by atoms with Crippen molar-refractivity contribution in [3.8, 4) is 0 Å². The first kappa shape index (κ1) is 15.1. The van der Waals surface area contributed by atoms with Crippen molar-refractivity contribution in [1.29, 1.82) is 0 Å². The van der Waals surface area contributed by atoms with Crippen LogP contribution in [0.5, 0.6) is 0 Å². The Bertz CT molecular complexity index is 734. The van der Waals surface area contributed by atoms with Gasteiger partial charge in [-0.3, -0.25) is 13.9 Å². The topological polar surface area (TPSA) is 76.3 Å². The molecule has 0 radical (unpaired) electrons. The molecule has 2 rings (SSSR count). The Hall–Kier alpha value is -2.34. The molecule has 1 heterocycles. The van der Waals surface area contributed by atoms with E-state index >= 15 is 0 Å². The Balaban J connectivity index is 2.27. The van der Waals surface area contributed by atoms with Crippen molar-refractivity contribution in [1.82, 2.24) is 9.13 Å². The minimum absolute atomic E-state index is 0.356. The molecule has 0 saturated carbocycles. The predicted molar refractivity (Wildman–Crippen MR) is 81.4 cm³/mol. The van der Waals surface area contributed by atoms with Crippen LogP contribution in [0, 0.1) is 0 Å². The first-order chi connectivity index (χ1) is 9.91. The highest BCUT2D eigenvalue weighted by molar-refractivity contribution is 5.36. The molecule has 112 valence electrons. The molecule has 21 heavy (non-hydrogen) atoms. The standard InChI is InChI=1S/C15H19N3O3/c1-10(14(20)11-7-5-4-6-8-11)16-12-9-13(19)18(3)15(21)17(12)2/h4-10,14,16,20H,1-3H3. The summed E-state index contributed by atoms with van der Waals surface area (Å²) in [6.45, 7) is 1.79. The van der Waals surface area contributed by atoms with Gasteiger partial charge in [0.2, 0.25) is 0 Å². The summed E-state index contributed by atoms with van der Waals surface area (Å²) < 4.78 is 2.37. The van der Waals surface area contributed by atoms with Crippen LogP contribution in [0.1, 0.15) is 18.6 Å². The molecular formula is C15H19N3O3. The molecule has 2 atom stereocenters. The van der Waals surface area contributed by atoms with Crippen LogP contribution in [0.25, 0.3) is 0 Å². The van der Waals surface area contributed by atoms with Crippen molar-refractivity contribution in [2.24, 2.45) is 14.1 Å². The summed E-state index contributed by atoms with van der Waals surface area (Å²) in [6.07, 6.45) is -0.745. The van der Waals surface area contributed by atoms with Crippen molar-refractivity contribution in [2.75, 3.05) is 5.32 Å². The largest absolute Gasteiger partial charge is 0.386 e. The summed E-state index contributed by atoms with van der Waals surface area (Å²) in [6, 6.07) is 10.2. The van der Waals surface area contributed by atoms with Gasteiger partial charge in [-0.15, -0.1) is 0 Å². The van der Waals surface area contributed by atoms with Crippen LogP contribution >= 0.6 is 0 Å². The maximum Gasteiger partial charge on any atom is 0.332 e. The highest BCUT2D eigenvalue weighted by atomic mass is 16.3. The molecule has 0 aliphatic heterocycles. The zero-order chi connectivity index (χ0) is 15.6. The lowest BCUT2D eigenvalue weighted by Gasteiger charge is -2.22. The predicted octanol–water partition coefficient (Wildman–Crippen LogP) is 0.618. The molecule has 0 saturated heterocycles. The van der Waals surface area contributed by atoms with Gasteiger partial charge < -0.3 is 10.4 Å². The lowest BCUT2D eigenvalue weighted by molar-refractivity contribution is 0.160. The molecule has 2 N–H and O–H groups in total. The molecular weight excluding hydrogens is 270 g/mol. The van der Waals surface area contributed by atoms with E-state index in [4.69, 9.17) is 0 Å². The van der Waals surface area contributed by atoms with Gasteiger partial charge >= 0.3 is 5.69 Å². The SMILES string of the molecule is CC(Nc1cc(=O)n(C)c(=O)n1C)C(O)c1ccccc1. The molecule has 0 aliphatic rings. The van der Waals surface area contributed by atoms with E-state index in [0.717, 1.165) is 10.1 Å². The maximum atomic E-state index is 11.9. The number of rotatable bonds is 4.